The predicted octanol–water partition coefficient (Wildman–Crippen LogP) is 2.00. The van der Waals surface area contributed by atoms with Crippen LogP contribution >= 0.6 is 0 Å². The Bertz CT molecular complexity index is 692. The minimum absolute atomic E-state index is 0.0418. The lowest BCUT2D eigenvalue weighted by molar-refractivity contribution is -0.548. The highest BCUT2D eigenvalue weighted by molar-refractivity contribution is 7.86. The Hall–Kier alpha value is -0.340. The van der Waals surface area contributed by atoms with Gasteiger partial charge in [0.1, 0.15) is 0 Å². The molecule has 0 amide bonds. The maximum absolute atomic E-state index is 11.9. The summed E-state index contributed by atoms with van der Waals surface area (Å²) < 4.78 is 81.0. The molecule has 0 unspecified atom stereocenters. The van der Waals surface area contributed by atoms with Crippen LogP contribution in [0.2, 0.25) is 0 Å². The zero-order valence-electron chi connectivity index (χ0n) is 18.9. The summed E-state index contributed by atoms with van der Waals surface area (Å²) in [4.78, 5) is 0. The first-order valence-corrected chi connectivity index (χ1v) is 13.9. The zero-order valence-corrected chi connectivity index (χ0v) is 20.5. The molecule has 2 aliphatic rings. The largest absolute Gasteiger partial charge is 0.412 e. The standard InChI is InChI=1S/C19H36O10S2/c1-5-9-30(20,21)28-15-17(7-3)11-24-19(25-12-17)26-13-18(8-4,14-27-19)16-29-31(22,23)10-6-2/h5-16H2,1-4H3. The lowest BCUT2D eigenvalue weighted by Gasteiger charge is -2.49. The SMILES string of the molecule is CCCS(=O)(=O)OCC1(CC)COC2(OC1)OCC(CC)(COS(=O)(=O)CCC)CO2. The summed E-state index contributed by atoms with van der Waals surface area (Å²) in [6, 6.07) is 0. The van der Waals surface area contributed by atoms with Crippen molar-refractivity contribution < 1.29 is 44.1 Å². The molecule has 0 bridgehead atoms. The van der Waals surface area contributed by atoms with Crippen LogP contribution < -0.4 is 0 Å². The van der Waals surface area contributed by atoms with E-state index >= 15 is 0 Å². The van der Waals surface area contributed by atoms with Crippen LogP contribution in [0, 0.1) is 10.8 Å². The van der Waals surface area contributed by atoms with Gasteiger partial charge in [-0.3, -0.25) is 8.37 Å². The summed E-state index contributed by atoms with van der Waals surface area (Å²) in [5.41, 5.74) is -1.29. The molecule has 0 N–H and O–H groups in total. The minimum atomic E-state index is -3.59. The second-order valence-electron chi connectivity index (χ2n) is 8.41. The van der Waals surface area contributed by atoms with Gasteiger partial charge in [0.05, 0.1) is 51.1 Å². The van der Waals surface area contributed by atoms with E-state index in [9.17, 15) is 16.8 Å². The van der Waals surface area contributed by atoms with Gasteiger partial charge in [0, 0.05) is 10.8 Å². The molecule has 10 nitrogen and oxygen atoms in total. The van der Waals surface area contributed by atoms with Gasteiger partial charge in [0.2, 0.25) is 0 Å². The van der Waals surface area contributed by atoms with Gasteiger partial charge in [-0.05, 0) is 25.7 Å². The summed E-state index contributed by atoms with van der Waals surface area (Å²) in [5.74, 6) is -0.0837. The van der Waals surface area contributed by atoms with Crippen LogP contribution in [-0.4, -0.2) is 74.1 Å². The van der Waals surface area contributed by atoms with Gasteiger partial charge in [-0.25, -0.2) is 0 Å². The molecule has 0 saturated carbocycles. The molecule has 1 spiro atoms. The van der Waals surface area contributed by atoms with Crippen molar-refractivity contribution in [1.29, 1.82) is 0 Å². The van der Waals surface area contributed by atoms with Gasteiger partial charge in [-0.1, -0.05) is 27.7 Å². The summed E-state index contributed by atoms with van der Waals surface area (Å²) in [6.07, 6.45) is 0.408. The van der Waals surface area contributed by atoms with Crippen LogP contribution in [0.25, 0.3) is 0 Å². The van der Waals surface area contributed by atoms with Crippen molar-refractivity contribution in [2.75, 3.05) is 51.1 Å². The van der Waals surface area contributed by atoms with Gasteiger partial charge in [0.15, 0.2) is 0 Å². The van der Waals surface area contributed by atoms with Crippen LogP contribution in [0.3, 0.4) is 0 Å². The van der Waals surface area contributed by atoms with E-state index in [0.717, 1.165) is 0 Å². The van der Waals surface area contributed by atoms with Crippen molar-refractivity contribution >= 4 is 20.2 Å². The Labute approximate surface area is 186 Å². The smallest absolute Gasteiger partial charge is 0.303 e. The molecular weight excluding hydrogens is 452 g/mol. The number of ether oxygens (including phenoxy) is 4. The van der Waals surface area contributed by atoms with Crippen LogP contribution in [-0.2, 0) is 47.5 Å². The molecule has 0 aliphatic carbocycles. The van der Waals surface area contributed by atoms with Gasteiger partial charge in [-0.2, -0.15) is 16.8 Å². The normalized spacial score (nSPS) is 32.4. The van der Waals surface area contributed by atoms with E-state index < -0.39 is 37.2 Å². The van der Waals surface area contributed by atoms with Gasteiger partial charge >= 0.3 is 6.16 Å². The monoisotopic (exact) mass is 488 g/mol. The van der Waals surface area contributed by atoms with E-state index in [1.54, 1.807) is 13.8 Å². The molecule has 2 heterocycles. The van der Waals surface area contributed by atoms with Crippen molar-refractivity contribution in [3.63, 3.8) is 0 Å². The third kappa shape index (κ3) is 7.32. The molecule has 0 aromatic carbocycles. The molecular formula is C19H36O10S2. The maximum atomic E-state index is 11.9. The fourth-order valence-electron chi connectivity index (χ4n) is 3.13. The lowest BCUT2D eigenvalue weighted by Crippen LogP contribution is -2.59. The van der Waals surface area contributed by atoms with E-state index in [2.05, 4.69) is 0 Å². The van der Waals surface area contributed by atoms with E-state index in [-0.39, 0.29) is 51.1 Å². The Morgan fingerprint density at radius 2 is 0.968 bits per heavy atom. The highest BCUT2D eigenvalue weighted by Gasteiger charge is 2.52. The van der Waals surface area contributed by atoms with E-state index in [1.807, 2.05) is 13.8 Å². The van der Waals surface area contributed by atoms with Crippen molar-refractivity contribution in [2.45, 2.75) is 59.5 Å². The molecule has 0 radical (unpaired) electrons. The molecule has 184 valence electrons. The van der Waals surface area contributed by atoms with E-state index in [4.69, 9.17) is 27.3 Å². The van der Waals surface area contributed by atoms with Gasteiger partial charge < -0.3 is 18.9 Å². The molecule has 0 aromatic heterocycles. The Balaban J connectivity index is 1.93. The fourth-order valence-corrected chi connectivity index (χ4v) is 5.22. The molecule has 2 fully saturated rings. The molecule has 31 heavy (non-hydrogen) atoms. The average Bonchev–Trinajstić information content (AvgIpc) is 2.74. The summed E-state index contributed by atoms with van der Waals surface area (Å²) in [5, 5.41) is 0. The fraction of sp³-hybridized carbons (Fsp3) is 1.00. The lowest BCUT2D eigenvalue weighted by atomic mass is 9.87. The van der Waals surface area contributed by atoms with Crippen molar-refractivity contribution in [2.24, 2.45) is 10.8 Å². The Morgan fingerprint density at radius 3 is 1.23 bits per heavy atom. The summed E-state index contributed by atoms with van der Waals surface area (Å²) in [6.45, 7) is 7.76. The number of hydrogen-bond acceptors (Lipinski definition) is 10. The second kappa shape index (κ2) is 10.7. The van der Waals surface area contributed by atoms with Crippen molar-refractivity contribution in [3.05, 3.63) is 0 Å². The molecule has 0 atom stereocenters. The molecule has 2 aliphatic heterocycles. The third-order valence-electron chi connectivity index (χ3n) is 5.72. The molecule has 0 aromatic rings. The average molecular weight is 489 g/mol. The molecule has 2 saturated heterocycles. The van der Waals surface area contributed by atoms with E-state index in [1.165, 1.54) is 0 Å². The number of hydrogen-bond donors (Lipinski definition) is 0. The number of rotatable bonds is 12. The quantitative estimate of drug-likeness (QED) is 0.377. The molecule has 2 rings (SSSR count). The van der Waals surface area contributed by atoms with Crippen LogP contribution in [0.1, 0.15) is 53.4 Å². The first kappa shape index (κ1) is 26.9. The summed E-state index contributed by atoms with van der Waals surface area (Å²) >= 11 is 0. The highest BCUT2D eigenvalue weighted by atomic mass is 32.2. The van der Waals surface area contributed by atoms with E-state index in [0.29, 0.717) is 25.7 Å². The second-order valence-corrected chi connectivity index (χ2v) is 11.9. The van der Waals surface area contributed by atoms with Crippen LogP contribution in [0.4, 0.5) is 0 Å². The topological polar surface area (TPSA) is 124 Å². The third-order valence-corrected chi connectivity index (χ3v) is 8.49. The van der Waals surface area contributed by atoms with Gasteiger partial charge in [0.25, 0.3) is 20.2 Å². The van der Waals surface area contributed by atoms with Crippen molar-refractivity contribution in [1.82, 2.24) is 0 Å². The zero-order chi connectivity index (χ0) is 23.2. The van der Waals surface area contributed by atoms with Crippen LogP contribution in [0.15, 0.2) is 0 Å². The summed E-state index contributed by atoms with van der Waals surface area (Å²) in [7, 11) is -7.18. The maximum Gasteiger partial charge on any atom is 0.412 e. The minimum Gasteiger partial charge on any atom is -0.303 e. The Kier molecular flexibility index (Phi) is 9.31. The first-order chi connectivity index (χ1) is 14.5. The van der Waals surface area contributed by atoms with Crippen molar-refractivity contribution in [3.8, 4) is 0 Å². The predicted molar refractivity (Wildman–Crippen MR) is 112 cm³/mol. The Morgan fingerprint density at radius 1 is 0.645 bits per heavy atom. The van der Waals surface area contributed by atoms with Gasteiger partial charge in [-0.15, -0.1) is 0 Å². The highest BCUT2D eigenvalue weighted by Crippen LogP contribution is 2.40. The van der Waals surface area contributed by atoms with Crippen LogP contribution in [0.5, 0.6) is 0 Å². The first-order valence-electron chi connectivity index (χ1n) is 10.8. The molecule has 12 heteroatoms.